The Morgan fingerprint density at radius 1 is 1.32 bits per heavy atom. The summed E-state index contributed by atoms with van der Waals surface area (Å²) in [7, 11) is 0. The van der Waals surface area contributed by atoms with Crippen LogP contribution in [-0.4, -0.2) is 15.7 Å². The monoisotopic (exact) mass is 297 g/mol. The first-order valence-corrected chi connectivity index (χ1v) is 6.57. The third kappa shape index (κ3) is 3.08. The van der Waals surface area contributed by atoms with Gasteiger partial charge in [-0.3, -0.25) is 9.48 Å². The summed E-state index contributed by atoms with van der Waals surface area (Å²) in [5.41, 5.74) is 1.92. The quantitative estimate of drug-likeness (QED) is 0.937. The summed E-state index contributed by atoms with van der Waals surface area (Å²) in [6.45, 7) is 4.42. The molecule has 0 radical (unpaired) electrons. The van der Waals surface area contributed by atoms with Gasteiger partial charge in [-0.05, 0) is 38.1 Å². The number of benzene rings is 1. The molecule has 1 heterocycles. The zero-order chi connectivity index (χ0) is 14.0. The Morgan fingerprint density at radius 2 is 2.05 bits per heavy atom. The number of rotatable bonds is 3. The van der Waals surface area contributed by atoms with Gasteiger partial charge < -0.3 is 5.32 Å². The molecule has 0 atom stereocenters. The normalized spacial score (nSPS) is 10.5. The van der Waals surface area contributed by atoms with Crippen LogP contribution in [0.4, 0.5) is 5.69 Å². The van der Waals surface area contributed by atoms with E-state index in [2.05, 4.69) is 10.4 Å². The van der Waals surface area contributed by atoms with Gasteiger partial charge in [-0.15, -0.1) is 0 Å². The zero-order valence-corrected chi connectivity index (χ0v) is 12.1. The maximum atomic E-state index is 12.2. The third-order valence-corrected chi connectivity index (χ3v) is 3.35. The predicted octanol–water partition coefficient (Wildman–Crippen LogP) is 3.77. The van der Waals surface area contributed by atoms with Gasteiger partial charge in [0.15, 0.2) is 0 Å². The van der Waals surface area contributed by atoms with E-state index in [1.807, 2.05) is 13.8 Å². The molecule has 19 heavy (non-hydrogen) atoms. The van der Waals surface area contributed by atoms with Crippen LogP contribution < -0.4 is 5.32 Å². The highest BCUT2D eigenvalue weighted by atomic mass is 35.5. The van der Waals surface area contributed by atoms with Gasteiger partial charge in [0, 0.05) is 12.2 Å². The van der Waals surface area contributed by atoms with Crippen molar-refractivity contribution in [2.45, 2.75) is 20.4 Å². The number of carbonyl (C=O) groups excluding carboxylic acids is 1. The van der Waals surface area contributed by atoms with Gasteiger partial charge in [0.2, 0.25) is 0 Å². The second-order valence-corrected chi connectivity index (χ2v) is 4.88. The first-order chi connectivity index (χ1) is 9.01. The number of amides is 1. The van der Waals surface area contributed by atoms with Crippen LogP contribution in [-0.2, 0) is 6.54 Å². The maximum Gasteiger partial charge on any atom is 0.273 e. The van der Waals surface area contributed by atoms with Gasteiger partial charge in [-0.1, -0.05) is 23.2 Å². The van der Waals surface area contributed by atoms with Gasteiger partial charge >= 0.3 is 0 Å². The molecule has 1 amide bonds. The van der Waals surface area contributed by atoms with Crippen LogP contribution in [0.15, 0.2) is 24.3 Å². The van der Waals surface area contributed by atoms with E-state index in [0.717, 1.165) is 5.69 Å². The van der Waals surface area contributed by atoms with E-state index in [1.54, 1.807) is 28.9 Å². The maximum absolute atomic E-state index is 12.2. The van der Waals surface area contributed by atoms with Crippen molar-refractivity contribution in [3.05, 3.63) is 45.7 Å². The largest absolute Gasteiger partial charge is 0.321 e. The minimum absolute atomic E-state index is 0.221. The predicted molar refractivity (Wildman–Crippen MR) is 77.1 cm³/mol. The number of halogens is 2. The summed E-state index contributed by atoms with van der Waals surface area (Å²) in [5.74, 6) is -0.221. The molecule has 0 saturated heterocycles. The molecule has 1 aromatic heterocycles. The topological polar surface area (TPSA) is 46.9 Å². The summed E-state index contributed by atoms with van der Waals surface area (Å²) in [6.07, 6.45) is 0. The molecule has 0 spiro atoms. The molecule has 0 aliphatic carbocycles. The standard InChI is InChI=1S/C13H13Cl2N3O/c1-3-18-12(6-8(2)17-18)13(19)16-9-4-5-10(14)11(15)7-9/h4-7H,3H2,1-2H3,(H,16,19). The van der Waals surface area contributed by atoms with E-state index in [-0.39, 0.29) is 5.91 Å². The highest BCUT2D eigenvalue weighted by molar-refractivity contribution is 6.42. The van der Waals surface area contributed by atoms with Crippen molar-refractivity contribution in [1.29, 1.82) is 0 Å². The minimum atomic E-state index is -0.221. The average Bonchev–Trinajstić information content (AvgIpc) is 2.75. The fourth-order valence-electron chi connectivity index (χ4n) is 1.74. The molecule has 0 aliphatic heterocycles. The van der Waals surface area contributed by atoms with Crippen molar-refractivity contribution in [2.24, 2.45) is 0 Å². The second kappa shape index (κ2) is 5.63. The number of nitrogens with one attached hydrogen (secondary N) is 1. The number of aromatic nitrogens is 2. The Bertz CT molecular complexity index is 622. The molecule has 0 fully saturated rings. The Balaban J connectivity index is 2.22. The van der Waals surface area contributed by atoms with Crippen molar-refractivity contribution in [2.75, 3.05) is 5.32 Å². The second-order valence-electron chi connectivity index (χ2n) is 4.07. The first-order valence-electron chi connectivity index (χ1n) is 5.82. The number of nitrogens with zero attached hydrogens (tertiary/aromatic N) is 2. The third-order valence-electron chi connectivity index (χ3n) is 2.61. The van der Waals surface area contributed by atoms with Gasteiger partial charge in [-0.25, -0.2) is 0 Å². The van der Waals surface area contributed by atoms with E-state index in [0.29, 0.717) is 28.0 Å². The number of aryl methyl sites for hydroxylation is 2. The molecule has 2 rings (SSSR count). The molecule has 1 aromatic carbocycles. The van der Waals surface area contributed by atoms with Crippen LogP contribution in [0.25, 0.3) is 0 Å². The number of carbonyl (C=O) groups is 1. The molecule has 6 heteroatoms. The number of hydrogen-bond donors (Lipinski definition) is 1. The highest BCUT2D eigenvalue weighted by Gasteiger charge is 2.13. The molecule has 0 bridgehead atoms. The molecule has 0 saturated carbocycles. The number of hydrogen-bond acceptors (Lipinski definition) is 2. The fraction of sp³-hybridized carbons (Fsp3) is 0.231. The SMILES string of the molecule is CCn1nc(C)cc1C(=O)Nc1ccc(Cl)c(Cl)c1. The Hall–Kier alpha value is -1.52. The summed E-state index contributed by atoms with van der Waals surface area (Å²) in [6, 6.07) is 6.70. The van der Waals surface area contributed by atoms with Crippen LogP contribution in [0.2, 0.25) is 10.0 Å². The van der Waals surface area contributed by atoms with Crippen LogP contribution in [0.3, 0.4) is 0 Å². The van der Waals surface area contributed by atoms with Crippen LogP contribution in [0, 0.1) is 6.92 Å². The average molecular weight is 298 g/mol. The Kier molecular flexibility index (Phi) is 4.12. The summed E-state index contributed by atoms with van der Waals surface area (Å²) < 4.78 is 1.65. The van der Waals surface area contributed by atoms with Gasteiger partial charge in [0.1, 0.15) is 5.69 Å². The zero-order valence-electron chi connectivity index (χ0n) is 10.6. The lowest BCUT2D eigenvalue weighted by Crippen LogP contribution is -2.17. The Labute approximate surface area is 121 Å². The summed E-state index contributed by atoms with van der Waals surface area (Å²) >= 11 is 11.7. The molecule has 100 valence electrons. The van der Waals surface area contributed by atoms with Crippen molar-refractivity contribution in [3.8, 4) is 0 Å². The highest BCUT2D eigenvalue weighted by Crippen LogP contribution is 2.25. The lowest BCUT2D eigenvalue weighted by atomic mass is 10.3. The molecular weight excluding hydrogens is 285 g/mol. The molecule has 4 nitrogen and oxygen atoms in total. The molecular formula is C13H13Cl2N3O. The van der Waals surface area contributed by atoms with Crippen molar-refractivity contribution in [1.82, 2.24) is 9.78 Å². The van der Waals surface area contributed by atoms with E-state index < -0.39 is 0 Å². The molecule has 0 aliphatic rings. The van der Waals surface area contributed by atoms with Gasteiger partial charge in [-0.2, -0.15) is 5.10 Å². The summed E-state index contributed by atoms with van der Waals surface area (Å²) in [4.78, 5) is 12.2. The van der Waals surface area contributed by atoms with Crippen molar-refractivity contribution in [3.63, 3.8) is 0 Å². The van der Waals surface area contributed by atoms with Crippen LogP contribution in [0.1, 0.15) is 23.1 Å². The summed E-state index contributed by atoms with van der Waals surface area (Å²) in [5, 5.41) is 7.86. The number of anilines is 1. The fourth-order valence-corrected chi connectivity index (χ4v) is 2.04. The first kappa shape index (κ1) is 13.9. The lowest BCUT2D eigenvalue weighted by molar-refractivity contribution is 0.101. The van der Waals surface area contributed by atoms with Crippen LogP contribution in [0.5, 0.6) is 0 Å². The molecule has 2 aromatic rings. The smallest absolute Gasteiger partial charge is 0.273 e. The van der Waals surface area contributed by atoms with Gasteiger partial charge in [0.05, 0.1) is 15.7 Å². The van der Waals surface area contributed by atoms with Gasteiger partial charge in [0.25, 0.3) is 5.91 Å². The van der Waals surface area contributed by atoms with E-state index >= 15 is 0 Å². The lowest BCUT2D eigenvalue weighted by Gasteiger charge is -2.07. The molecule has 1 N–H and O–H groups in total. The van der Waals surface area contributed by atoms with Crippen molar-refractivity contribution < 1.29 is 4.79 Å². The minimum Gasteiger partial charge on any atom is -0.321 e. The van der Waals surface area contributed by atoms with E-state index in [9.17, 15) is 4.79 Å². The van der Waals surface area contributed by atoms with Crippen LogP contribution >= 0.6 is 23.2 Å². The molecule has 0 unspecified atom stereocenters. The van der Waals surface area contributed by atoms with E-state index in [4.69, 9.17) is 23.2 Å². The Morgan fingerprint density at radius 3 is 2.68 bits per heavy atom. The van der Waals surface area contributed by atoms with E-state index in [1.165, 1.54) is 0 Å². The van der Waals surface area contributed by atoms with Crippen molar-refractivity contribution >= 4 is 34.8 Å².